The molecule has 0 bridgehead atoms. The lowest BCUT2D eigenvalue weighted by atomic mass is 10.2. The second kappa shape index (κ2) is 6.57. The Morgan fingerprint density at radius 3 is 2.96 bits per heavy atom. The van der Waals surface area contributed by atoms with E-state index in [1.165, 1.54) is 0 Å². The van der Waals surface area contributed by atoms with Crippen molar-refractivity contribution in [2.75, 3.05) is 19.7 Å². The fourth-order valence-corrected chi connectivity index (χ4v) is 2.46. The van der Waals surface area contributed by atoms with Gasteiger partial charge in [0.1, 0.15) is 5.69 Å². The molecule has 2 aromatic heterocycles. The van der Waals surface area contributed by atoms with Crippen LogP contribution in [-0.2, 0) is 9.53 Å². The summed E-state index contributed by atoms with van der Waals surface area (Å²) in [6.45, 7) is 0.990. The summed E-state index contributed by atoms with van der Waals surface area (Å²) in [6.07, 6.45) is 2.77. The third-order valence-corrected chi connectivity index (χ3v) is 3.52. The van der Waals surface area contributed by atoms with Crippen LogP contribution in [0.2, 0.25) is 0 Å². The van der Waals surface area contributed by atoms with Crippen LogP contribution in [0, 0.1) is 0 Å². The lowest BCUT2D eigenvalue weighted by Crippen LogP contribution is -2.46. The largest absolute Gasteiger partial charge is 0.481 e. The third-order valence-electron chi connectivity index (χ3n) is 3.52. The predicted molar refractivity (Wildman–Crippen MR) is 79.3 cm³/mol. The van der Waals surface area contributed by atoms with E-state index in [1.54, 1.807) is 46.2 Å². The number of carbonyl (C=O) groups excluding carboxylic acids is 1. The Kier molecular flexibility index (Phi) is 4.33. The standard InChI is InChI=1S/C15H16N4O4/c20-14(21)9-11-10-18(7-8-23-11)15(22)12-3-1-4-13(17-12)19-6-2-5-16-19/h1-6,11H,7-10H2,(H,20,21). The normalized spacial score (nSPS) is 17.9. The number of nitrogens with zero attached hydrogens (tertiary/aromatic N) is 4. The topological polar surface area (TPSA) is 97.6 Å². The van der Waals surface area contributed by atoms with Gasteiger partial charge in [0, 0.05) is 25.5 Å². The van der Waals surface area contributed by atoms with Gasteiger partial charge in [-0.2, -0.15) is 5.10 Å². The highest BCUT2D eigenvalue weighted by Gasteiger charge is 2.27. The zero-order valence-electron chi connectivity index (χ0n) is 12.3. The second-order valence-electron chi connectivity index (χ2n) is 5.17. The molecule has 1 fully saturated rings. The quantitative estimate of drug-likeness (QED) is 0.886. The number of ether oxygens (including phenoxy) is 1. The number of pyridine rings is 1. The Balaban J connectivity index is 1.75. The number of morpholine rings is 1. The summed E-state index contributed by atoms with van der Waals surface area (Å²) < 4.78 is 6.95. The maximum Gasteiger partial charge on any atom is 0.306 e. The number of carbonyl (C=O) groups is 2. The molecule has 1 amide bonds. The first-order valence-corrected chi connectivity index (χ1v) is 7.23. The fourth-order valence-electron chi connectivity index (χ4n) is 2.46. The van der Waals surface area contributed by atoms with E-state index >= 15 is 0 Å². The Hall–Kier alpha value is -2.74. The van der Waals surface area contributed by atoms with E-state index in [0.29, 0.717) is 24.7 Å². The van der Waals surface area contributed by atoms with Gasteiger partial charge in [-0.15, -0.1) is 0 Å². The average molecular weight is 316 g/mol. The molecule has 1 atom stereocenters. The van der Waals surface area contributed by atoms with Gasteiger partial charge in [0.15, 0.2) is 5.82 Å². The molecule has 1 aliphatic heterocycles. The third kappa shape index (κ3) is 3.54. The summed E-state index contributed by atoms with van der Waals surface area (Å²) >= 11 is 0. The monoisotopic (exact) mass is 316 g/mol. The van der Waals surface area contributed by atoms with E-state index in [-0.39, 0.29) is 18.9 Å². The van der Waals surface area contributed by atoms with Crippen LogP contribution in [0.25, 0.3) is 5.82 Å². The molecule has 0 radical (unpaired) electrons. The molecule has 0 spiro atoms. The van der Waals surface area contributed by atoms with Crippen molar-refractivity contribution in [3.63, 3.8) is 0 Å². The zero-order chi connectivity index (χ0) is 16.2. The summed E-state index contributed by atoms with van der Waals surface area (Å²) in [7, 11) is 0. The van der Waals surface area contributed by atoms with Crippen LogP contribution in [0.4, 0.5) is 0 Å². The summed E-state index contributed by atoms with van der Waals surface area (Å²) in [5.74, 6) is -0.628. The van der Waals surface area contributed by atoms with Crippen molar-refractivity contribution in [2.24, 2.45) is 0 Å². The van der Waals surface area contributed by atoms with E-state index in [9.17, 15) is 9.59 Å². The van der Waals surface area contributed by atoms with E-state index in [0.717, 1.165) is 0 Å². The van der Waals surface area contributed by atoms with Gasteiger partial charge < -0.3 is 14.7 Å². The van der Waals surface area contributed by atoms with Crippen molar-refractivity contribution < 1.29 is 19.4 Å². The zero-order valence-corrected chi connectivity index (χ0v) is 12.3. The van der Waals surface area contributed by atoms with Crippen LogP contribution >= 0.6 is 0 Å². The number of hydrogen-bond acceptors (Lipinski definition) is 5. The molecule has 1 saturated heterocycles. The summed E-state index contributed by atoms with van der Waals surface area (Å²) in [6, 6.07) is 6.91. The molecule has 1 unspecified atom stereocenters. The van der Waals surface area contributed by atoms with Crippen LogP contribution in [0.15, 0.2) is 36.7 Å². The highest BCUT2D eigenvalue weighted by molar-refractivity contribution is 5.92. The predicted octanol–water partition coefficient (Wildman–Crippen LogP) is 0.583. The highest BCUT2D eigenvalue weighted by atomic mass is 16.5. The number of carboxylic acid groups (broad SMARTS) is 1. The van der Waals surface area contributed by atoms with Crippen molar-refractivity contribution in [1.29, 1.82) is 0 Å². The molecule has 0 aliphatic carbocycles. The second-order valence-corrected chi connectivity index (χ2v) is 5.17. The molecule has 8 nitrogen and oxygen atoms in total. The molecule has 3 heterocycles. The molecule has 0 saturated carbocycles. The molecule has 8 heteroatoms. The molecule has 0 aromatic carbocycles. The molecular weight excluding hydrogens is 300 g/mol. The van der Waals surface area contributed by atoms with Gasteiger partial charge in [0.25, 0.3) is 5.91 Å². The maximum atomic E-state index is 12.6. The minimum absolute atomic E-state index is 0.121. The molecule has 23 heavy (non-hydrogen) atoms. The van der Waals surface area contributed by atoms with Gasteiger partial charge in [0.05, 0.1) is 19.1 Å². The van der Waals surface area contributed by atoms with Gasteiger partial charge >= 0.3 is 5.97 Å². The Morgan fingerprint density at radius 2 is 2.22 bits per heavy atom. The van der Waals surface area contributed by atoms with E-state index in [4.69, 9.17) is 9.84 Å². The van der Waals surface area contributed by atoms with Gasteiger partial charge in [-0.05, 0) is 18.2 Å². The van der Waals surface area contributed by atoms with Crippen LogP contribution in [-0.4, -0.2) is 62.4 Å². The number of hydrogen-bond donors (Lipinski definition) is 1. The maximum absolute atomic E-state index is 12.6. The van der Waals surface area contributed by atoms with Crippen LogP contribution < -0.4 is 0 Å². The number of aliphatic carboxylic acids is 1. The Bertz CT molecular complexity index is 701. The van der Waals surface area contributed by atoms with Gasteiger partial charge in [-0.1, -0.05) is 6.07 Å². The number of aromatic nitrogens is 3. The smallest absolute Gasteiger partial charge is 0.306 e. The summed E-state index contributed by atoms with van der Waals surface area (Å²) in [4.78, 5) is 29.3. The number of rotatable bonds is 4. The summed E-state index contributed by atoms with van der Waals surface area (Å²) in [5.41, 5.74) is 0.300. The first kappa shape index (κ1) is 15.2. The lowest BCUT2D eigenvalue weighted by Gasteiger charge is -2.32. The average Bonchev–Trinajstić information content (AvgIpc) is 3.08. The SMILES string of the molecule is O=C(O)CC1CN(C(=O)c2cccc(-n3cccn3)n2)CCO1. The first-order chi connectivity index (χ1) is 11.1. The van der Waals surface area contributed by atoms with Crippen molar-refractivity contribution in [3.8, 4) is 5.82 Å². The van der Waals surface area contributed by atoms with Crippen LogP contribution in [0.3, 0.4) is 0 Å². The molecule has 2 aromatic rings. The number of amides is 1. The van der Waals surface area contributed by atoms with Crippen molar-refractivity contribution in [2.45, 2.75) is 12.5 Å². The van der Waals surface area contributed by atoms with Gasteiger partial charge in [-0.3, -0.25) is 9.59 Å². The molecule has 3 rings (SSSR count). The van der Waals surface area contributed by atoms with E-state index in [2.05, 4.69) is 10.1 Å². The van der Waals surface area contributed by atoms with Crippen molar-refractivity contribution >= 4 is 11.9 Å². The van der Waals surface area contributed by atoms with Gasteiger partial charge in [0.2, 0.25) is 0 Å². The van der Waals surface area contributed by atoms with Crippen LogP contribution in [0.5, 0.6) is 0 Å². The summed E-state index contributed by atoms with van der Waals surface area (Å²) in [5, 5.41) is 12.9. The first-order valence-electron chi connectivity index (χ1n) is 7.23. The van der Waals surface area contributed by atoms with Crippen molar-refractivity contribution in [3.05, 3.63) is 42.4 Å². The van der Waals surface area contributed by atoms with Crippen molar-refractivity contribution in [1.82, 2.24) is 19.7 Å². The van der Waals surface area contributed by atoms with E-state index in [1.807, 2.05) is 0 Å². The Morgan fingerprint density at radius 1 is 1.35 bits per heavy atom. The minimum Gasteiger partial charge on any atom is -0.481 e. The van der Waals surface area contributed by atoms with Gasteiger partial charge in [-0.25, -0.2) is 9.67 Å². The van der Waals surface area contributed by atoms with E-state index < -0.39 is 12.1 Å². The Labute approximate surface area is 132 Å². The molecule has 1 aliphatic rings. The minimum atomic E-state index is -0.942. The van der Waals surface area contributed by atoms with Crippen LogP contribution in [0.1, 0.15) is 16.9 Å². The highest BCUT2D eigenvalue weighted by Crippen LogP contribution is 2.13. The lowest BCUT2D eigenvalue weighted by molar-refractivity contribution is -0.141. The molecular formula is C15H16N4O4. The number of carboxylic acids is 1. The molecule has 120 valence electrons. The fraction of sp³-hybridized carbons (Fsp3) is 0.333. The molecule has 1 N–H and O–H groups in total.